The molecule has 2 nitrogen and oxygen atoms in total. The van der Waals surface area contributed by atoms with Crippen molar-refractivity contribution in [3.8, 4) is 0 Å². The molecular weight excluding hydrogens is 248 g/mol. The van der Waals surface area contributed by atoms with E-state index in [4.69, 9.17) is 4.74 Å². The zero-order valence-electron chi connectivity index (χ0n) is 11.5. The molecule has 0 spiro atoms. The van der Waals surface area contributed by atoms with Gasteiger partial charge in [0.15, 0.2) is 0 Å². The Hall–Kier alpha value is -1.93. The van der Waals surface area contributed by atoms with Crippen LogP contribution in [0.1, 0.15) is 36.7 Å². The summed E-state index contributed by atoms with van der Waals surface area (Å²) in [6.45, 7) is 1.66. The number of ketones is 1. The molecule has 0 aliphatic carbocycles. The Labute approximate surface area is 119 Å². The van der Waals surface area contributed by atoms with Crippen LogP contribution in [0.3, 0.4) is 0 Å². The minimum atomic E-state index is -0.126. The van der Waals surface area contributed by atoms with E-state index in [2.05, 4.69) is 12.1 Å². The molecule has 1 saturated heterocycles. The monoisotopic (exact) mass is 266 g/mol. The Balaban J connectivity index is 1.89. The van der Waals surface area contributed by atoms with E-state index in [1.54, 1.807) is 6.92 Å². The summed E-state index contributed by atoms with van der Waals surface area (Å²) < 4.78 is 6.19. The number of benzene rings is 2. The third-order valence-electron chi connectivity index (χ3n) is 3.97. The minimum absolute atomic E-state index is 0.00954. The van der Waals surface area contributed by atoms with Gasteiger partial charge in [-0.3, -0.25) is 4.79 Å². The average molecular weight is 266 g/mol. The van der Waals surface area contributed by atoms with E-state index in [-0.39, 0.29) is 23.9 Å². The van der Waals surface area contributed by atoms with Crippen molar-refractivity contribution in [2.45, 2.75) is 25.6 Å². The Bertz CT molecular complexity index is 577. The van der Waals surface area contributed by atoms with Gasteiger partial charge in [-0.1, -0.05) is 60.7 Å². The summed E-state index contributed by atoms with van der Waals surface area (Å²) >= 11 is 0. The number of ether oxygens (including phenoxy) is 1. The van der Waals surface area contributed by atoms with Crippen LogP contribution in [0.5, 0.6) is 0 Å². The predicted molar refractivity (Wildman–Crippen MR) is 78.2 cm³/mol. The van der Waals surface area contributed by atoms with Gasteiger partial charge in [-0.25, -0.2) is 0 Å². The summed E-state index contributed by atoms with van der Waals surface area (Å²) in [7, 11) is 0. The first-order valence-corrected chi connectivity index (χ1v) is 7.01. The van der Waals surface area contributed by atoms with Gasteiger partial charge in [0.25, 0.3) is 0 Å². The first-order valence-electron chi connectivity index (χ1n) is 7.01. The SMILES string of the molecule is CC(=O)C1C[C@H](c2ccccc2)O[C@@H]1c1ccccc1. The van der Waals surface area contributed by atoms with Gasteiger partial charge < -0.3 is 4.74 Å². The summed E-state index contributed by atoms with van der Waals surface area (Å²) in [4.78, 5) is 11.9. The van der Waals surface area contributed by atoms with Gasteiger partial charge in [-0.15, -0.1) is 0 Å². The van der Waals surface area contributed by atoms with Crippen LogP contribution in [0.15, 0.2) is 60.7 Å². The molecule has 1 heterocycles. The van der Waals surface area contributed by atoms with Crippen molar-refractivity contribution in [2.24, 2.45) is 5.92 Å². The lowest BCUT2D eigenvalue weighted by Crippen LogP contribution is -2.15. The molecular formula is C18H18O2. The van der Waals surface area contributed by atoms with E-state index in [9.17, 15) is 4.79 Å². The Morgan fingerprint density at radius 2 is 1.50 bits per heavy atom. The molecule has 3 atom stereocenters. The number of rotatable bonds is 3. The number of carbonyl (C=O) groups excluding carboxylic acids is 1. The molecule has 0 saturated carbocycles. The van der Waals surface area contributed by atoms with E-state index in [1.807, 2.05) is 48.5 Å². The van der Waals surface area contributed by atoms with Crippen molar-refractivity contribution < 1.29 is 9.53 Å². The molecule has 20 heavy (non-hydrogen) atoms. The Morgan fingerprint density at radius 1 is 0.950 bits per heavy atom. The van der Waals surface area contributed by atoms with E-state index in [0.717, 1.165) is 17.5 Å². The van der Waals surface area contributed by atoms with Gasteiger partial charge in [0, 0.05) is 0 Å². The maximum atomic E-state index is 11.9. The fourth-order valence-electron chi connectivity index (χ4n) is 2.90. The number of carbonyl (C=O) groups is 1. The second-order valence-electron chi connectivity index (χ2n) is 5.32. The Morgan fingerprint density at radius 3 is 2.05 bits per heavy atom. The average Bonchev–Trinajstić information content (AvgIpc) is 2.94. The largest absolute Gasteiger partial charge is 0.365 e. The van der Waals surface area contributed by atoms with Crippen LogP contribution < -0.4 is 0 Å². The fraction of sp³-hybridized carbons (Fsp3) is 0.278. The lowest BCUT2D eigenvalue weighted by molar-refractivity contribution is -0.122. The van der Waals surface area contributed by atoms with Gasteiger partial charge in [0.1, 0.15) is 5.78 Å². The molecule has 0 radical (unpaired) electrons. The summed E-state index contributed by atoms with van der Waals surface area (Å²) in [5, 5.41) is 0. The number of hydrogen-bond acceptors (Lipinski definition) is 2. The first kappa shape index (κ1) is 13.1. The highest BCUT2D eigenvalue weighted by molar-refractivity contribution is 5.79. The van der Waals surface area contributed by atoms with Crippen LogP contribution in [-0.4, -0.2) is 5.78 Å². The van der Waals surface area contributed by atoms with Crippen LogP contribution in [0.2, 0.25) is 0 Å². The second kappa shape index (κ2) is 5.59. The van der Waals surface area contributed by atoms with E-state index in [0.29, 0.717) is 0 Å². The van der Waals surface area contributed by atoms with Gasteiger partial charge in [-0.05, 0) is 24.5 Å². The molecule has 2 heteroatoms. The molecule has 2 aromatic rings. The lowest BCUT2D eigenvalue weighted by atomic mass is 9.90. The zero-order chi connectivity index (χ0) is 13.9. The lowest BCUT2D eigenvalue weighted by Gasteiger charge is -2.17. The van der Waals surface area contributed by atoms with Gasteiger partial charge in [-0.2, -0.15) is 0 Å². The molecule has 1 aliphatic heterocycles. The normalized spacial score (nSPS) is 25.6. The zero-order valence-corrected chi connectivity index (χ0v) is 11.5. The van der Waals surface area contributed by atoms with Crippen molar-refractivity contribution >= 4 is 5.78 Å². The van der Waals surface area contributed by atoms with Crippen molar-refractivity contribution in [1.29, 1.82) is 0 Å². The summed E-state index contributed by atoms with van der Waals surface area (Å²) in [6, 6.07) is 20.2. The smallest absolute Gasteiger partial charge is 0.135 e. The summed E-state index contributed by atoms with van der Waals surface area (Å²) in [5.41, 5.74) is 2.24. The highest BCUT2D eigenvalue weighted by Gasteiger charge is 2.39. The van der Waals surface area contributed by atoms with E-state index < -0.39 is 0 Å². The molecule has 1 aliphatic rings. The fourth-order valence-corrected chi connectivity index (χ4v) is 2.90. The first-order chi connectivity index (χ1) is 9.75. The summed E-state index contributed by atoms with van der Waals surface area (Å²) in [5.74, 6) is 0.153. The number of Topliss-reactive ketones (excluding diaryl/α,β-unsaturated/α-hetero) is 1. The molecule has 0 N–H and O–H groups in total. The maximum Gasteiger partial charge on any atom is 0.135 e. The van der Waals surface area contributed by atoms with E-state index >= 15 is 0 Å². The molecule has 0 aromatic heterocycles. The quantitative estimate of drug-likeness (QED) is 0.836. The highest BCUT2D eigenvalue weighted by atomic mass is 16.5. The van der Waals surface area contributed by atoms with Gasteiger partial charge >= 0.3 is 0 Å². The molecule has 0 amide bonds. The van der Waals surface area contributed by atoms with Crippen LogP contribution in [0.25, 0.3) is 0 Å². The maximum absolute atomic E-state index is 11.9. The summed E-state index contributed by atoms with van der Waals surface area (Å²) in [6.07, 6.45) is 0.646. The second-order valence-corrected chi connectivity index (χ2v) is 5.32. The van der Waals surface area contributed by atoms with E-state index in [1.165, 1.54) is 0 Å². The van der Waals surface area contributed by atoms with Gasteiger partial charge in [0.05, 0.1) is 18.1 Å². The third-order valence-corrected chi connectivity index (χ3v) is 3.97. The third kappa shape index (κ3) is 2.52. The number of hydrogen-bond donors (Lipinski definition) is 0. The Kier molecular flexibility index (Phi) is 3.66. The molecule has 1 fully saturated rings. The van der Waals surface area contributed by atoms with Crippen molar-refractivity contribution in [2.75, 3.05) is 0 Å². The molecule has 3 rings (SSSR count). The molecule has 102 valence electrons. The molecule has 1 unspecified atom stereocenters. The predicted octanol–water partition coefficient (Wildman–Crippen LogP) is 4.09. The topological polar surface area (TPSA) is 26.3 Å². The van der Waals surface area contributed by atoms with Crippen molar-refractivity contribution in [3.05, 3.63) is 71.8 Å². The van der Waals surface area contributed by atoms with Crippen LogP contribution >= 0.6 is 0 Å². The standard InChI is InChI=1S/C18H18O2/c1-13(19)16-12-17(14-8-4-2-5-9-14)20-18(16)15-10-6-3-7-11-15/h2-11,16-18H,12H2,1H3/t16?,17-,18-/m1/s1. The van der Waals surface area contributed by atoms with Crippen LogP contribution in [-0.2, 0) is 9.53 Å². The highest BCUT2D eigenvalue weighted by Crippen LogP contribution is 2.45. The van der Waals surface area contributed by atoms with Crippen LogP contribution in [0, 0.1) is 5.92 Å². The minimum Gasteiger partial charge on any atom is -0.365 e. The molecule has 2 aromatic carbocycles. The van der Waals surface area contributed by atoms with Crippen molar-refractivity contribution in [3.63, 3.8) is 0 Å². The van der Waals surface area contributed by atoms with Crippen LogP contribution in [0.4, 0.5) is 0 Å². The van der Waals surface area contributed by atoms with Crippen molar-refractivity contribution in [1.82, 2.24) is 0 Å². The molecule has 0 bridgehead atoms. The van der Waals surface area contributed by atoms with Gasteiger partial charge in [0.2, 0.25) is 0 Å².